The number of fused-ring (bicyclic) bond motifs is 3. The molecule has 2 amide bonds. The van der Waals surface area contributed by atoms with Crippen molar-refractivity contribution in [1.82, 2.24) is 19.8 Å². The molecule has 0 saturated carbocycles. The summed E-state index contributed by atoms with van der Waals surface area (Å²) in [6.07, 6.45) is 2.97. The van der Waals surface area contributed by atoms with Crippen molar-refractivity contribution < 1.29 is 19.4 Å². The van der Waals surface area contributed by atoms with Gasteiger partial charge in [-0.15, -0.1) is 0 Å². The fraction of sp³-hybridized carbons (Fsp3) is 0.435. The molecule has 2 saturated heterocycles. The van der Waals surface area contributed by atoms with Gasteiger partial charge < -0.3 is 25.0 Å². The van der Waals surface area contributed by atoms with Crippen molar-refractivity contribution >= 4 is 50.9 Å². The molecule has 0 unspecified atom stereocenters. The third kappa shape index (κ3) is 4.29. The van der Waals surface area contributed by atoms with Gasteiger partial charge in [0.1, 0.15) is 6.04 Å². The van der Waals surface area contributed by atoms with E-state index < -0.39 is 17.7 Å². The molecule has 9 nitrogen and oxygen atoms in total. The lowest BCUT2D eigenvalue weighted by atomic mass is 10.0. The number of aromatic nitrogens is 2. The first-order valence-electron chi connectivity index (χ1n) is 10.9. The maximum absolute atomic E-state index is 13.4. The Balaban J connectivity index is 1.40. The molecule has 5 rings (SSSR count). The van der Waals surface area contributed by atoms with Crippen molar-refractivity contribution in [3.05, 3.63) is 35.6 Å². The van der Waals surface area contributed by atoms with Crippen molar-refractivity contribution in [3.8, 4) is 0 Å². The van der Waals surface area contributed by atoms with Crippen LogP contribution in [0, 0.1) is 0 Å². The highest BCUT2D eigenvalue weighted by Gasteiger charge is 2.40. The van der Waals surface area contributed by atoms with E-state index in [9.17, 15) is 14.7 Å². The Hall–Kier alpha value is -2.72. The van der Waals surface area contributed by atoms with Crippen LogP contribution in [0.2, 0.25) is 5.02 Å². The number of aromatic amines is 1. The van der Waals surface area contributed by atoms with Crippen LogP contribution < -0.4 is 5.32 Å². The van der Waals surface area contributed by atoms with E-state index in [0.29, 0.717) is 30.3 Å². The smallest absolute Gasteiger partial charge is 0.244 e. The van der Waals surface area contributed by atoms with E-state index in [0.717, 1.165) is 21.8 Å². The van der Waals surface area contributed by atoms with Crippen LogP contribution in [-0.4, -0.2) is 87.2 Å². The van der Waals surface area contributed by atoms with Crippen molar-refractivity contribution in [3.63, 3.8) is 0 Å². The Labute approximate surface area is 195 Å². The molecule has 2 fully saturated rings. The Morgan fingerprint density at radius 2 is 2.12 bits per heavy atom. The van der Waals surface area contributed by atoms with Crippen LogP contribution in [0.4, 0.5) is 5.69 Å². The lowest BCUT2D eigenvalue weighted by Gasteiger charge is -2.44. The summed E-state index contributed by atoms with van der Waals surface area (Å²) in [7, 11) is 0. The lowest BCUT2D eigenvalue weighted by molar-refractivity contribution is -0.155. The molecule has 4 heterocycles. The number of anilines is 1. The van der Waals surface area contributed by atoms with E-state index >= 15 is 0 Å². The van der Waals surface area contributed by atoms with E-state index in [1.165, 1.54) is 0 Å². The highest BCUT2D eigenvalue weighted by atomic mass is 35.5. The number of hydrogen-bond donors (Lipinski definition) is 3. The number of benzene rings is 1. The molecule has 2 aromatic heterocycles. The van der Waals surface area contributed by atoms with Crippen molar-refractivity contribution in [1.29, 1.82) is 0 Å². The number of pyridine rings is 1. The number of rotatable bonds is 4. The molecule has 33 heavy (non-hydrogen) atoms. The number of ether oxygens (including phenoxy) is 1. The molecule has 0 aliphatic carbocycles. The molecule has 10 heteroatoms. The first kappa shape index (κ1) is 22.1. The summed E-state index contributed by atoms with van der Waals surface area (Å²) in [6, 6.07) is 4.81. The average molecular weight is 472 g/mol. The molecule has 1 atom stereocenters. The number of aliphatic hydroxyl groups is 1. The van der Waals surface area contributed by atoms with Gasteiger partial charge in [0.15, 0.2) is 0 Å². The molecule has 174 valence electrons. The lowest BCUT2D eigenvalue weighted by Crippen LogP contribution is -2.62. The van der Waals surface area contributed by atoms with Gasteiger partial charge in [0.25, 0.3) is 0 Å². The quantitative estimate of drug-likeness (QED) is 0.536. The van der Waals surface area contributed by atoms with Crippen molar-refractivity contribution in [2.45, 2.75) is 31.6 Å². The zero-order chi connectivity index (χ0) is 23.3. The minimum atomic E-state index is -0.645. The largest absolute Gasteiger partial charge is 0.389 e. The van der Waals surface area contributed by atoms with Gasteiger partial charge in [0.2, 0.25) is 11.8 Å². The van der Waals surface area contributed by atoms with Crippen LogP contribution in [0.15, 0.2) is 30.6 Å². The number of hydrogen-bond acceptors (Lipinski definition) is 6. The van der Waals surface area contributed by atoms with Gasteiger partial charge >= 0.3 is 0 Å². The normalized spacial score (nSPS) is 21.3. The van der Waals surface area contributed by atoms with Crippen molar-refractivity contribution in [2.75, 3.05) is 38.1 Å². The number of nitrogens with zero attached hydrogens (tertiary/aromatic N) is 3. The molecular formula is C23H26ClN5O4. The van der Waals surface area contributed by atoms with Crippen LogP contribution in [-0.2, 0) is 14.3 Å². The first-order valence-corrected chi connectivity index (χ1v) is 11.3. The number of likely N-dealkylation sites (tertiary alicyclic amines) is 1. The molecule has 2 aliphatic heterocycles. The zero-order valence-corrected chi connectivity index (χ0v) is 19.2. The molecule has 0 radical (unpaired) electrons. The summed E-state index contributed by atoms with van der Waals surface area (Å²) in [5.74, 6) is -0.383. The predicted octanol–water partition coefficient (Wildman–Crippen LogP) is 1.99. The molecule has 3 aromatic rings. The fourth-order valence-electron chi connectivity index (χ4n) is 4.53. The molecule has 3 N–H and O–H groups in total. The third-order valence-corrected chi connectivity index (χ3v) is 6.46. The Kier molecular flexibility index (Phi) is 5.52. The summed E-state index contributed by atoms with van der Waals surface area (Å²) in [6.45, 7) is 5.21. The topological polar surface area (TPSA) is 111 Å². The molecular weight excluding hydrogens is 446 g/mol. The van der Waals surface area contributed by atoms with Gasteiger partial charge in [-0.3, -0.25) is 19.5 Å². The number of H-pyrrole nitrogens is 1. The summed E-state index contributed by atoms with van der Waals surface area (Å²) < 4.78 is 5.92. The first-order chi connectivity index (χ1) is 15.7. The van der Waals surface area contributed by atoms with Gasteiger partial charge in [0.05, 0.1) is 47.8 Å². The van der Waals surface area contributed by atoms with E-state index in [1.807, 2.05) is 30.9 Å². The van der Waals surface area contributed by atoms with Crippen molar-refractivity contribution in [2.24, 2.45) is 0 Å². The van der Waals surface area contributed by atoms with Crippen LogP contribution >= 0.6 is 11.6 Å². The van der Waals surface area contributed by atoms with E-state index in [-0.39, 0.29) is 25.0 Å². The minimum Gasteiger partial charge on any atom is -0.389 e. The highest BCUT2D eigenvalue weighted by molar-refractivity contribution is 6.33. The van der Waals surface area contributed by atoms with Crippen LogP contribution in [0.5, 0.6) is 0 Å². The van der Waals surface area contributed by atoms with Gasteiger partial charge in [-0.25, -0.2) is 0 Å². The van der Waals surface area contributed by atoms with E-state index in [2.05, 4.69) is 15.3 Å². The van der Waals surface area contributed by atoms with Crippen LogP contribution in [0.25, 0.3) is 21.8 Å². The summed E-state index contributed by atoms with van der Waals surface area (Å²) in [5.41, 5.74) is 1.67. The summed E-state index contributed by atoms with van der Waals surface area (Å²) in [4.78, 5) is 37.0. The summed E-state index contributed by atoms with van der Waals surface area (Å²) in [5, 5.41) is 14.9. The second-order valence-corrected chi connectivity index (χ2v) is 9.79. The maximum atomic E-state index is 13.4. The molecule has 2 aliphatic rings. The number of carbonyl (C=O) groups is 2. The number of nitrogens with one attached hydrogen (secondary N) is 2. The second-order valence-electron chi connectivity index (χ2n) is 9.36. The summed E-state index contributed by atoms with van der Waals surface area (Å²) >= 11 is 6.37. The molecule has 1 aromatic carbocycles. The monoisotopic (exact) mass is 471 g/mol. The Morgan fingerprint density at radius 1 is 1.33 bits per heavy atom. The van der Waals surface area contributed by atoms with E-state index in [1.54, 1.807) is 23.4 Å². The number of morpholine rings is 1. The number of amides is 2. The van der Waals surface area contributed by atoms with E-state index in [4.69, 9.17) is 16.3 Å². The maximum Gasteiger partial charge on any atom is 0.244 e. The Bertz CT molecular complexity index is 1240. The number of halogens is 1. The van der Waals surface area contributed by atoms with Gasteiger partial charge in [-0.05, 0) is 32.0 Å². The highest BCUT2D eigenvalue weighted by Crippen LogP contribution is 2.33. The zero-order valence-electron chi connectivity index (χ0n) is 18.5. The molecule has 0 bridgehead atoms. The van der Waals surface area contributed by atoms with Gasteiger partial charge in [-0.1, -0.05) is 11.6 Å². The predicted molar refractivity (Wildman–Crippen MR) is 125 cm³/mol. The fourth-order valence-corrected chi connectivity index (χ4v) is 4.75. The molecule has 0 spiro atoms. The SMILES string of the molecule is CC1(C)CN(CC(=O)N2CC(O)C2)[C@H](C(=O)Nc2cc(Cl)cc3c2[nH]c2cnccc23)CO1. The number of aliphatic hydroxyl groups excluding tert-OH is 1. The van der Waals surface area contributed by atoms with Crippen LogP contribution in [0.3, 0.4) is 0 Å². The third-order valence-electron chi connectivity index (χ3n) is 6.24. The standard InChI is InChI=1S/C23H26ClN5O4/c1-23(2)12-29(10-20(31)28-8-14(30)9-28)19(11-33-23)22(32)27-17-6-13(24)5-16-15-3-4-25-7-18(15)26-21(16)17/h3-7,14,19,26,30H,8-12H2,1-2H3,(H,27,32)/t19-/m0/s1. The Morgan fingerprint density at radius 3 is 2.88 bits per heavy atom. The van der Waals surface area contributed by atoms with Crippen LogP contribution in [0.1, 0.15) is 13.8 Å². The second kappa shape index (κ2) is 8.25. The minimum absolute atomic E-state index is 0.0839. The van der Waals surface area contributed by atoms with Gasteiger partial charge in [-0.2, -0.15) is 0 Å². The van der Waals surface area contributed by atoms with Gasteiger partial charge in [0, 0.05) is 41.6 Å². The number of β-amino-alcohol motifs (C(OH)–C–C–N with tert-alkyl or cyclic N) is 1. The number of carbonyl (C=O) groups excluding carboxylic acids is 2. The average Bonchev–Trinajstić information content (AvgIpc) is 3.09.